The Morgan fingerprint density at radius 1 is 1.30 bits per heavy atom. The van der Waals surface area contributed by atoms with Crippen LogP contribution >= 0.6 is 0 Å². The van der Waals surface area contributed by atoms with E-state index in [1.54, 1.807) is 26.8 Å². The fourth-order valence-electron chi connectivity index (χ4n) is 1.75. The molecule has 0 bridgehead atoms. The number of aliphatic hydroxyl groups excluding tert-OH is 1. The van der Waals surface area contributed by atoms with Crippen LogP contribution in [-0.2, 0) is 4.74 Å². The van der Waals surface area contributed by atoms with Crippen molar-refractivity contribution in [1.29, 1.82) is 0 Å². The van der Waals surface area contributed by atoms with Crippen molar-refractivity contribution in [1.82, 2.24) is 0 Å². The molecule has 1 aromatic rings. The van der Waals surface area contributed by atoms with E-state index in [2.05, 4.69) is 10.6 Å². The molecule has 0 saturated heterocycles. The van der Waals surface area contributed by atoms with E-state index in [9.17, 15) is 14.3 Å². The molecule has 3 N–H and O–H groups in total. The summed E-state index contributed by atoms with van der Waals surface area (Å²) in [7, 11) is 0. The van der Waals surface area contributed by atoms with E-state index in [-0.39, 0.29) is 17.7 Å². The van der Waals surface area contributed by atoms with E-state index in [0.717, 1.165) is 6.42 Å². The Morgan fingerprint density at radius 2 is 1.96 bits per heavy atom. The van der Waals surface area contributed by atoms with Crippen LogP contribution in [0.15, 0.2) is 18.2 Å². The van der Waals surface area contributed by atoms with Gasteiger partial charge in [0.1, 0.15) is 11.4 Å². The van der Waals surface area contributed by atoms with Gasteiger partial charge in [-0.2, -0.15) is 0 Å². The van der Waals surface area contributed by atoms with Crippen LogP contribution in [-0.4, -0.2) is 30.0 Å². The first kappa shape index (κ1) is 19.2. The number of aliphatic hydroxyl groups is 1. The number of rotatable bonds is 6. The maximum atomic E-state index is 13.8. The molecule has 0 aliphatic carbocycles. The van der Waals surface area contributed by atoms with Crippen molar-refractivity contribution in [2.75, 3.05) is 23.8 Å². The Hall–Kier alpha value is -1.82. The summed E-state index contributed by atoms with van der Waals surface area (Å²) in [6.45, 7) is 9.77. The second-order valence-corrected chi connectivity index (χ2v) is 7.00. The van der Waals surface area contributed by atoms with Gasteiger partial charge in [0.15, 0.2) is 0 Å². The van der Waals surface area contributed by atoms with Crippen molar-refractivity contribution in [2.24, 2.45) is 5.41 Å². The van der Waals surface area contributed by atoms with Crippen molar-refractivity contribution in [2.45, 2.75) is 46.6 Å². The number of ether oxygens (including phenoxy) is 1. The molecule has 0 aliphatic rings. The second kappa shape index (κ2) is 7.64. The van der Waals surface area contributed by atoms with E-state index >= 15 is 0 Å². The number of halogens is 1. The lowest BCUT2D eigenvalue weighted by atomic mass is 9.88. The summed E-state index contributed by atoms with van der Waals surface area (Å²) in [5.41, 5.74) is -0.204. The zero-order valence-electron chi connectivity index (χ0n) is 14.5. The molecule has 0 spiro atoms. The topological polar surface area (TPSA) is 70.6 Å². The van der Waals surface area contributed by atoms with E-state index in [4.69, 9.17) is 4.74 Å². The van der Waals surface area contributed by atoms with Crippen LogP contribution in [0.5, 0.6) is 0 Å². The van der Waals surface area contributed by atoms with Crippen LogP contribution in [0, 0.1) is 11.2 Å². The number of anilines is 2. The first-order valence-electron chi connectivity index (χ1n) is 7.73. The van der Waals surface area contributed by atoms with Gasteiger partial charge in [-0.25, -0.2) is 9.18 Å². The molecule has 130 valence electrons. The molecule has 1 rings (SSSR count). The zero-order valence-corrected chi connectivity index (χ0v) is 14.5. The van der Waals surface area contributed by atoms with Crippen LogP contribution in [0.4, 0.5) is 20.6 Å². The minimum atomic E-state index is -0.706. The van der Waals surface area contributed by atoms with Gasteiger partial charge in [0.25, 0.3) is 0 Å². The highest BCUT2D eigenvalue weighted by Gasteiger charge is 2.21. The zero-order chi connectivity index (χ0) is 17.7. The Kier molecular flexibility index (Phi) is 6.38. The van der Waals surface area contributed by atoms with Crippen molar-refractivity contribution >= 4 is 17.5 Å². The fourth-order valence-corrected chi connectivity index (χ4v) is 1.75. The number of hydrogen-bond acceptors (Lipinski definition) is 4. The number of hydrogen-bond donors (Lipinski definition) is 3. The second-order valence-electron chi connectivity index (χ2n) is 7.00. The Labute approximate surface area is 137 Å². The molecule has 1 atom stereocenters. The number of benzene rings is 1. The average molecular weight is 326 g/mol. The van der Waals surface area contributed by atoms with Crippen molar-refractivity contribution in [3.63, 3.8) is 0 Å². The highest BCUT2D eigenvalue weighted by atomic mass is 19.1. The monoisotopic (exact) mass is 326 g/mol. The first-order valence-corrected chi connectivity index (χ1v) is 7.73. The maximum absolute atomic E-state index is 13.8. The number of amides is 1. The molecule has 0 fully saturated rings. The first-order chi connectivity index (χ1) is 10.6. The maximum Gasteiger partial charge on any atom is 0.412 e. The van der Waals surface area contributed by atoms with Crippen molar-refractivity contribution in [3.05, 3.63) is 24.0 Å². The highest BCUT2D eigenvalue weighted by Crippen LogP contribution is 2.24. The van der Waals surface area contributed by atoms with Crippen LogP contribution in [0.2, 0.25) is 0 Å². The number of carbonyl (C=O) groups is 1. The molecule has 23 heavy (non-hydrogen) atoms. The highest BCUT2D eigenvalue weighted by molar-refractivity contribution is 5.85. The molecular weight excluding hydrogens is 299 g/mol. The van der Waals surface area contributed by atoms with E-state index in [1.807, 2.05) is 13.8 Å². The standard InChI is InChI=1S/C17H27FN2O3/c1-6-17(5,11-21)10-19-12-7-8-13(18)14(9-12)20-15(22)23-16(2,3)4/h7-9,19,21H,6,10-11H2,1-5H3,(H,20,22). The molecule has 1 aromatic carbocycles. The summed E-state index contributed by atoms with van der Waals surface area (Å²) < 4.78 is 18.9. The normalized spacial score (nSPS) is 14.0. The van der Waals surface area contributed by atoms with Gasteiger partial charge in [-0.1, -0.05) is 13.8 Å². The van der Waals surface area contributed by atoms with Gasteiger partial charge >= 0.3 is 6.09 Å². The van der Waals surface area contributed by atoms with E-state index in [1.165, 1.54) is 12.1 Å². The van der Waals surface area contributed by atoms with Crippen LogP contribution in [0.1, 0.15) is 41.0 Å². The lowest BCUT2D eigenvalue weighted by Crippen LogP contribution is -2.29. The van der Waals surface area contributed by atoms with Gasteiger partial charge in [0, 0.05) is 17.6 Å². The van der Waals surface area contributed by atoms with Gasteiger partial charge in [-0.05, 0) is 45.4 Å². The molecule has 6 heteroatoms. The summed E-state index contributed by atoms with van der Waals surface area (Å²) in [4.78, 5) is 11.7. The van der Waals surface area contributed by atoms with Gasteiger partial charge in [0.2, 0.25) is 0 Å². The predicted molar refractivity (Wildman–Crippen MR) is 90.2 cm³/mol. The Balaban J connectivity index is 2.78. The summed E-state index contributed by atoms with van der Waals surface area (Å²) in [6, 6.07) is 4.37. The molecule has 1 unspecified atom stereocenters. The fraction of sp³-hybridized carbons (Fsp3) is 0.588. The molecule has 1 amide bonds. The van der Waals surface area contributed by atoms with Gasteiger partial charge < -0.3 is 15.2 Å². The largest absolute Gasteiger partial charge is 0.444 e. The molecule has 0 saturated carbocycles. The SMILES string of the molecule is CCC(C)(CO)CNc1ccc(F)c(NC(=O)OC(C)(C)C)c1. The number of nitrogens with one attached hydrogen (secondary N) is 2. The van der Waals surface area contributed by atoms with E-state index < -0.39 is 17.5 Å². The van der Waals surface area contributed by atoms with Crippen molar-refractivity contribution in [3.8, 4) is 0 Å². The van der Waals surface area contributed by atoms with Crippen LogP contribution in [0.25, 0.3) is 0 Å². The molecular formula is C17H27FN2O3. The lowest BCUT2D eigenvalue weighted by Gasteiger charge is -2.26. The van der Waals surface area contributed by atoms with Gasteiger partial charge in [0.05, 0.1) is 12.3 Å². The van der Waals surface area contributed by atoms with E-state index in [0.29, 0.717) is 12.2 Å². The molecule has 0 radical (unpaired) electrons. The summed E-state index contributed by atoms with van der Waals surface area (Å²) in [5, 5.41) is 15.0. The Morgan fingerprint density at radius 3 is 2.48 bits per heavy atom. The van der Waals surface area contributed by atoms with Crippen LogP contribution < -0.4 is 10.6 Å². The summed E-state index contributed by atoms with van der Waals surface area (Å²) in [5.74, 6) is -0.540. The Bertz CT molecular complexity index is 537. The molecule has 5 nitrogen and oxygen atoms in total. The molecule has 0 aromatic heterocycles. The average Bonchev–Trinajstić information content (AvgIpc) is 2.45. The number of carbonyl (C=O) groups excluding carboxylic acids is 1. The van der Waals surface area contributed by atoms with Crippen molar-refractivity contribution < 1.29 is 19.0 Å². The smallest absolute Gasteiger partial charge is 0.412 e. The third-order valence-electron chi connectivity index (χ3n) is 3.56. The van der Waals surface area contributed by atoms with Gasteiger partial charge in [-0.15, -0.1) is 0 Å². The minimum Gasteiger partial charge on any atom is -0.444 e. The lowest BCUT2D eigenvalue weighted by molar-refractivity contribution is 0.0635. The summed E-state index contributed by atoms with van der Waals surface area (Å²) in [6.07, 6.45) is 0.100. The van der Waals surface area contributed by atoms with Gasteiger partial charge in [-0.3, -0.25) is 5.32 Å². The van der Waals surface area contributed by atoms with Crippen LogP contribution in [0.3, 0.4) is 0 Å². The third kappa shape index (κ3) is 6.44. The quantitative estimate of drug-likeness (QED) is 0.739. The minimum absolute atomic E-state index is 0.0476. The predicted octanol–water partition coefficient (Wildman–Crippen LogP) is 3.99. The molecule has 0 aliphatic heterocycles. The third-order valence-corrected chi connectivity index (χ3v) is 3.56. The summed E-state index contributed by atoms with van der Waals surface area (Å²) >= 11 is 0. The molecule has 0 heterocycles.